The number of sulfonamides is 1. The Hall–Kier alpha value is -1.39. The molecule has 28 heavy (non-hydrogen) atoms. The third kappa shape index (κ3) is 4.13. The molecule has 1 aromatic heterocycles. The van der Waals surface area contributed by atoms with Gasteiger partial charge in [0, 0.05) is 28.7 Å². The van der Waals surface area contributed by atoms with Crippen molar-refractivity contribution >= 4 is 21.4 Å². The Labute approximate surface area is 167 Å². The van der Waals surface area contributed by atoms with Gasteiger partial charge in [0.1, 0.15) is 11.6 Å². The molecule has 4 atom stereocenters. The van der Waals surface area contributed by atoms with Gasteiger partial charge in [-0.1, -0.05) is 6.07 Å². The predicted octanol–water partition coefficient (Wildman–Crippen LogP) is 3.43. The van der Waals surface area contributed by atoms with Gasteiger partial charge in [0.25, 0.3) is 0 Å². The lowest BCUT2D eigenvalue weighted by atomic mass is 10.0. The summed E-state index contributed by atoms with van der Waals surface area (Å²) in [5.41, 5.74) is 0.567. The van der Waals surface area contributed by atoms with E-state index in [0.717, 1.165) is 17.6 Å². The fraction of sp³-hybridized carbons (Fsp3) is 0.474. The van der Waals surface area contributed by atoms with Crippen LogP contribution in [0.25, 0.3) is 11.1 Å². The van der Waals surface area contributed by atoms with Crippen LogP contribution in [0.15, 0.2) is 29.6 Å². The van der Waals surface area contributed by atoms with Crippen LogP contribution >= 0.6 is 11.3 Å². The lowest BCUT2D eigenvalue weighted by Crippen LogP contribution is -2.45. The molecule has 1 aliphatic carbocycles. The van der Waals surface area contributed by atoms with Gasteiger partial charge in [0.2, 0.25) is 10.0 Å². The SMILES string of the molecule is CS(=O)(=O)NC1CC[N+]([O-])(CC2CC2c2sccc2-c2c(F)cccc2F)C1. The molecular weight excluding hydrogens is 406 g/mol. The lowest BCUT2D eigenvalue weighted by molar-refractivity contribution is -0.870. The van der Waals surface area contributed by atoms with Crippen LogP contribution in [-0.4, -0.2) is 45.0 Å². The minimum atomic E-state index is -3.33. The van der Waals surface area contributed by atoms with Crippen molar-refractivity contribution in [1.82, 2.24) is 4.72 Å². The van der Waals surface area contributed by atoms with Crippen molar-refractivity contribution in [2.24, 2.45) is 5.92 Å². The number of rotatable bonds is 6. The van der Waals surface area contributed by atoms with Crippen LogP contribution in [0.4, 0.5) is 8.78 Å². The minimum Gasteiger partial charge on any atom is -0.633 e. The number of benzene rings is 1. The van der Waals surface area contributed by atoms with Gasteiger partial charge in [0.05, 0.1) is 37.5 Å². The maximum atomic E-state index is 14.2. The number of nitrogens with zero attached hydrogens (tertiary/aromatic N) is 1. The topological polar surface area (TPSA) is 69.2 Å². The molecule has 1 saturated carbocycles. The third-order valence-electron chi connectivity index (χ3n) is 5.57. The van der Waals surface area contributed by atoms with E-state index in [1.807, 2.05) is 5.38 Å². The van der Waals surface area contributed by atoms with Gasteiger partial charge in [-0.2, -0.15) is 0 Å². The number of hydroxylamine groups is 3. The summed E-state index contributed by atoms with van der Waals surface area (Å²) < 4.78 is 53.3. The first-order chi connectivity index (χ1) is 13.2. The zero-order valence-electron chi connectivity index (χ0n) is 15.4. The Kier molecular flexibility index (Phi) is 5.08. The fourth-order valence-corrected chi connectivity index (χ4v) is 6.22. The standard InChI is InChI=1S/C19H22F2N2O3S2/c1-28(25,26)22-13-5-7-23(24,11-13)10-12-9-15(12)19-14(6-8-27-19)18-16(20)3-2-4-17(18)21/h2-4,6,8,12-13,15,22H,5,7,9-11H2,1H3. The molecule has 2 heterocycles. The zero-order chi connectivity index (χ0) is 20.1. The highest BCUT2D eigenvalue weighted by Gasteiger charge is 2.46. The molecule has 2 fully saturated rings. The molecular formula is C19H22F2N2O3S2. The van der Waals surface area contributed by atoms with Crippen molar-refractivity contribution in [3.05, 3.63) is 51.4 Å². The van der Waals surface area contributed by atoms with Gasteiger partial charge in [-0.05, 0) is 30.0 Å². The second kappa shape index (κ2) is 7.14. The summed E-state index contributed by atoms with van der Waals surface area (Å²) in [4.78, 5) is 0.922. The zero-order valence-corrected chi connectivity index (χ0v) is 17.0. The van der Waals surface area contributed by atoms with Gasteiger partial charge in [0.15, 0.2) is 0 Å². The average molecular weight is 429 g/mol. The summed E-state index contributed by atoms with van der Waals surface area (Å²) in [6.45, 7) is 1.02. The van der Waals surface area contributed by atoms with E-state index in [1.165, 1.54) is 29.5 Å². The van der Waals surface area contributed by atoms with E-state index >= 15 is 0 Å². The highest BCUT2D eigenvalue weighted by atomic mass is 32.2. The number of halogens is 2. The summed E-state index contributed by atoms with van der Waals surface area (Å²) in [6, 6.07) is 5.26. The molecule has 0 bridgehead atoms. The third-order valence-corrected chi connectivity index (χ3v) is 7.38. The van der Waals surface area contributed by atoms with Crippen LogP contribution in [0.5, 0.6) is 0 Å². The molecule has 0 amide bonds. The summed E-state index contributed by atoms with van der Waals surface area (Å²) in [6.07, 6.45) is 2.44. The maximum Gasteiger partial charge on any atom is 0.209 e. The fourth-order valence-electron chi connectivity index (χ4n) is 4.31. The largest absolute Gasteiger partial charge is 0.633 e. The number of thiophene rings is 1. The molecule has 1 aliphatic heterocycles. The van der Waals surface area contributed by atoms with Gasteiger partial charge in [-0.3, -0.25) is 0 Å². The van der Waals surface area contributed by atoms with E-state index in [4.69, 9.17) is 0 Å². The monoisotopic (exact) mass is 428 g/mol. The highest BCUT2D eigenvalue weighted by molar-refractivity contribution is 7.88. The molecule has 0 spiro atoms. The van der Waals surface area contributed by atoms with Crippen molar-refractivity contribution in [3.8, 4) is 11.1 Å². The Morgan fingerprint density at radius 1 is 1.29 bits per heavy atom. The normalized spacial score (nSPS) is 29.9. The van der Waals surface area contributed by atoms with E-state index in [2.05, 4.69) is 4.72 Å². The second-order valence-electron chi connectivity index (χ2n) is 7.92. The van der Waals surface area contributed by atoms with E-state index < -0.39 is 26.3 Å². The van der Waals surface area contributed by atoms with Crippen LogP contribution in [0.2, 0.25) is 0 Å². The molecule has 4 unspecified atom stereocenters. The molecule has 4 rings (SSSR count). The predicted molar refractivity (Wildman–Crippen MR) is 105 cm³/mol. The van der Waals surface area contributed by atoms with Crippen molar-refractivity contribution in [2.75, 3.05) is 25.9 Å². The molecule has 2 aliphatic rings. The first-order valence-corrected chi connectivity index (χ1v) is 12.0. The highest BCUT2D eigenvalue weighted by Crippen LogP contribution is 2.54. The van der Waals surface area contributed by atoms with Crippen molar-refractivity contribution in [2.45, 2.75) is 24.8 Å². The summed E-state index contributed by atoms with van der Waals surface area (Å²) in [5, 5.41) is 14.8. The smallest absolute Gasteiger partial charge is 0.209 e. The number of quaternary nitrogens is 1. The van der Waals surface area contributed by atoms with Crippen LogP contribution in [-0.2, 0) is 10.0 Å². The average Bonchev–Trinajstić information content (AvgIpc) is 2.98. The van der Waals surface area contributed by atoms with Crippen LogP contribution in [0, 0.1) is 22.8 Å². The van der Waals surface area contributed by atoms with Crippen molar-refractivity contribution in [3.63, 3.8) is 0 Å². The van der Waals surface area contributed by atoms with Gasteiger partial charge < -0.3 is 9.85 Å². The summed E-state index contributed by atoms with van der Waals surface area (Å²) >= 11 is 1.47. The molecule has 1 aromatic carbocycles. The number of likely N-dealkylation sites (tertiary alicyclic amines) is 1. The minimum absolute atomic E-state index is 0.00555. The second-order valence-corrected chi connectivity index (χ2v) is 10.6. The van der Waals surface area contributed by atoms with E-state index in [-0.39, 0.29) is 30.0 Å². The number of hydrogen-bond donors (Lipinski definition) is 1. The maximum absolute atomic E-state index is 14.2. The number of hydrogen-bond acceptors (Lipinski definition) is 4. The lowest BCUT2D eigenvalue weighted by Gasteiger charge is -2.39. The van der Waals surface area contributed by atoms with Crippen LogP contribution in [0.3, 0.4) is 0 Å². The molecule has 5 nitrogen and oxygen atoms in total. The number of nitrogens with one attached hydrogen (secondary N) is 1. The van der Waals surface area contributed by atoms with E-state index in [1.54, 1.807) is 6.07 Å². The Bertz CT molecular complexity index is 975. The Morgan fingerprint density at radius 3 is 2.68 bits per heavy atom. The van der Waals surface area contributed by atoms with Crippen LogP contribution < -0.4 is 4.72 Å². The Balaban J connectivity index is 1.46. The quantitative estimate of drug-likeness (QED) is 0.566. The first-order valence-electron chi connectivity index (χ1n) is 9.21. The summed E-state index contributed by atoms with van der Waals surface area (Å²) in [7, 11) is -3.33. The van der Waals surface area contributed by atoms with E-state index in [0.29, 0.717) is 25.1 Å². The van der Waals surface area contributed by atoms with Gasteiger partial charge in [-0.25, -0.2) is 21.9 Å². The molecule has 9 heteroatoms. The molecule has 152 valence electrons. The molecule has 0 radical (unpaired) electrons. The molecule has 2 aromatic rings. The van der Waals surface area contributed by atoms with Crippen LogP contribution in [0.1, 0.15) is 23.6 Å². The summed E-state index contributed by atoms with van der Waals surface area (Å²) in [5.74, 6) is -0.890. The Morgan fingerprint density at radius 2 is 2.00 bits per heavy atom. The van der Waals surface area contributed by atoms with Crippen molar-refractivity contribution < 1.29 is 21.8 Å². The van der Waals surface area contributed by atoms with E-state index in [9.17, 15) is 22.4 Å². The van der Waals surface area contributed by atoms with Gasteiger partial charge >= 0.3 is 0 Å². The molecule has 1 saturated heterocycles. The van der Waals surface area contributed by atoms with Gasteiger partial charge in [-0.15, -0.1) is 11.3 Å². The molecule has 1 N–H and O–H groups in total. The van der Waals surface area contributed by atoms with Crippen molar-refractivity contribution in [1.29, 1.82) is 0 Å². The first kappa shape index (κ1) is 19.9.